The van der Waals surface area contributed by atoms with Crippen molar-refractivity contribution >= 4 is 17.6 Å². The van der Waals surface area contributed by atoms with Gasteiger partial charge in [0.25, 0.3) is 0 Å². The smallest absolute Gasteiger partial charge is 0.347 e. The highest BCUT2D eigenvalue weighted by atomic mass is 16.2. The van der Waals surface area contributed by atoms with E-state index < -0.39 is 0 Å². The molecular weight excluding hydrogens is 250 g/mol. The second-order valence-electron chi connectivity index (χ2n) is 5.61. The molecule has 0 aromatic heterocycles. The number of hydrogen-bond donors (Lipinski definition) is 1. The summed E-state index contributed by atoms with van der Waals surface area (Å²) in [4.78, 5) is 18.4. The number of carbonyl (C=O) groups excluding carboxylic acids is 1. The predicted molar refractivity (Wildman–Crippen MR) is 83.6 cm³/mol. The van der Waals surface area contributed by atoms with Crippen LogP contribution in [0.25, 0.3) is 0 Å². The predicted octanol–water partition coefficient (Wildman–Crippen LogP) is 3.66. The van der Waals surface area contributed by atoms with Gasteiger partial charge in [-0.05, 0) is 44.7 Å². The Hall–Kier alpha value is -1.84. The molecule has 1 N–H and O–H groups in total. The maximum Gasteiger partial charge on any atom is 0.347 e. The fourth-order valence-corrected chi connectivity index (χ4v) is 2.72. The minimum absolute atomic E-state index is 0.274. The number of aryl methyl sites for hydroxylation is 3. The molecule has 2 rings (SSSR count). The van der Waals surface area contributed by atoms with Crippen LogP contribution in [-0.2, 0) is 0 Å². The number of amides is 2. The van der Waals surface area contributed by atoms with Crippen molar-refractivity contribution in [2.24, 2.45) is 4.99 Å². The Labute approximate surface area is 120 Å². The third kappa shape index (κ3) is 3.38. The fourth-order valence-electron chi connectivity index (χ4n) is 2.72. The summed E-state index contributed by atoms with van der Waals surface area (Å²) in [6.45, 7) is 7.06. The van der Waals surface area contributed by atoms with Crippen molar-refractivity contribution in [3.8, 4) is 0 Å². The van der Waals surface area contributed by atoms with Crippen LogP contribution in [0, 0.1) is 20.8 Å². The first-order valence-corrected chi connectivity index (χ1v) is 7.15. The highest BCUT2D eigenvalue weighted by Crippen LogP contribution is 2.22. The first kappa shape index (κ1) is 14.6. The van der Waals surface area contributed by atoms with Gasteiger partial charge in [-0.15, -0.1) is 0 Å². The highest BCUT2D eigenvalue weighted by molar-refractivity contribution is 6.00. The number of anilines is 1. The Morgan fingerprint density at radius 2 is 1.85 bits per heavy atom. The van der Waals surface area contributed by atoms with E-state index in [1.54, 1.807) is 0 Å². The summed E-state index contributed by atoms with van der Waals surface area (Å²) < 4.78 is 0. The Balaban J connectivity index is 2.14. The number of likely N-dealkylation sites (tertiary alicyclic amines) is 1. The van der Waals surface area contributed by atoms with Crippen LogP contribution in [0.15, 0.2) is 17.1 Å². The number of hydrogen-bond acceptors (Lipinski definition) is 1. The lowest BCUT2D eigenvalue weighted by atomic mass is 10.1. The molecule has 0 spiro atoms. The molecule has 0 radical (unpaired) electrons. The van der Waals surface area contributed by atoms with Gasteiger partial charge in [0.2, 0.25) is 0 Å². The molecule has 1 aromatic rings. The zero-order valence-corrected chi connectivity index (χ0v) is 12.8. The molecule has 2 amide bonds. The van der Waals surface area contributed by atoms with Crippen molar-refractivity contribution in [1.29, 1.82) is 0 Å². The number of piperidine rings is 1. The summed E-state index contributed by atoms with van der Waals surface area (Å²) >= 11 is 0. The fraction of sp³-hybridized carbons (Fsp3) is 0.500. The average molecular weight is 273 g/mol. The van der Waals surface area contributed by atoms with Gasteiger partial charge >= 0.3 is 6.03 Å². The van der Waals surface area contributed by atoms with Crippen LogP contribution in [0.3, 0.4) is 0 Å². The van der Waals surface area contributed by atoms with Gasteiger partial charge in [-0.2, -0.15) is 4.99 Å². The topological polar surface area (TPSA) is 44.7 Å². The molecule has 0 unspecified atom stereocenters. The van der Waals surface area contributed by atoms with Crippen LogP contribution in [0.2, 0.25) is 0 Å². The maximum absolute atomic E-state index is 12.1. The van der Waals surface area contributed by atoms with Gasteiger partial charge in [-0.3, -0.25) is 0 Å². The Bertz CT molecular complexity index is 526. The van der Waals surface area contributed by atoms with Crippen LogP contribution in [0.4, 0.5) is 10.5 Å². The first-order valence-electron chi connectivity index (χ1n) is 7.15. The molecule has 0 atom stereocenters. The maximum atomic E-state index is 12.1. The van der Waals surface area contributed by atoms with E-state index in [-0.39, 0.29) is 6.03 Å². The van der Waals surface area contributed by atoms with Crippen LogP contribution in [0.1, 0.15) is 36.0 Å². The third-order valence-corrected chi connectivity index (χ3v) is 3.72. The van der Waals surface area contributed by atoms with Gasteiger partial charge in [-0.25, -0.2) is 4.79 Å². The molecule has 20 heavy (non-hydrogen) atoms. The molecule has 0 saturated carbocycles. The van der Waals surface area contributed by atoms with Crippen molar-refractivity contribution in [2.45, 2.75) is 40.0 Å². The van der Waals surface area contributed by atoms with Gasteiger partial charge < -0.3 is 10.2 Å². The van der Waals surface area contributed by atoms with Gasteiger partial charge in [0, 0.05) is 25.7 Å². The normalized spacial score (nSPS) is 17.4. The van der Waals surface area contributed by atoms with Crippen molar-refractivity contribution in [3.05, 3.63) is 28.8 Å². The van der Waals surface area contributed by atoms with Crippen LogP contribution in [-0.4, -0.2) is 30.4 Å². The quantitative estimate of drug-likeness (QED) is 0.848. The van der Waals surface area contributed by atoms with E-state index in [0.29, 0.717) is 0 Å². The van der Waals surface area contributed by atoms with Crippen LogP contribution in [0.5, 0.6) is 0 Å². The molecule has 1 aliphatic heterocycles. The molecule has 0 aliphatic carbocycles. The number of rotatable bonds is 1. The lowest BCUT2D eigenvalue weighted by Crippen LogP contribution is -2.32. The van der Waals surface area contributed by atoms with Crippen molar-refractivity contribution < 1.29 is 4.79 Å². The van der Waals surface area contributed by atoms with Gasteiger partial charge in [0.15, 0.2) is 0 Å². The second kappa shape index (κ2) is 6.07. The zero-order chi connectivity index (χ0) is 14.7. The van der Waals surface area contributed by atoms with Gasteiger partial charge in [0.1, 0.15) is 5.84 Å². The highest BCUT2D eigenvalue weighted by Gasteiger charge is 2.14. The standard InChI is InChI=1S/C16H23N3O/c1-11-9-12(2)15(13(3)10-11)18-16(20)17-14-7-5-6-8-19(14)4/h9-10H,5-8H2,1-4H3,(H,18,20). The number of nitrogens with one attached hydrogen (secondary N) is 1. The number of urea groups is 1. The van der Waals surface area contributed by atoms with E-state index in [1.165, 1.54) is 12.0 Å². The molecule has 1 heterocycles. The minimum atomic E-state index is -0.274. The zero-order valence-electron chi connectivity index (χ0n) is 12.8. The van der Waals surface area contributed by atoms with Gasteiger partial charge in [-0.1, -0.05) is 17.7 Å². The molecule has 1 saturated heterocycles. The van der Waals surface area contributed by atoms with Crippen molar-refractivity contribution in [3.63, 3.8) is 0 Å². The third-order valence-electron chi connectivity index (χ3n) is 3.72. The van der Waals surface area contributed by atoms with E-state index in [4.69, 9.17) is 0 Å². The monoisotopic (exact) mass is 273 g/mol. The summed E-state index contributed by atoms with van der Waals surface area (Å²) in [7, 11) is 1.99. The Kier molecular flexibility index (Phi) is 4.42. The van der Waals surface area contributed by atoms with Crippen LogP contribution < -0.4 is 5.32 Å². The number of nitrogens with zero attached hydrogens (tertiary/aromatic N) is 2. The van der Waals surface area contributed by atoms with E-state index in [2.05, 4.69) is 34.3 Å². The SMILES string of the molecule is Cc1cc(C)c(NC(=O)N=C2CCCCN2C)c(C)c1. The summed E-state index contributed by atoms with van der Waals surface area (Å²) in [6, 6.07) is 3.87. The Morgan fingerprint density at radius 3 is 2.45 bits per heavy atom. The largest absolute Gasteiger partial charge is 0.363 e. The first-order chi connectivity index (χ1) is 9.47. The minimum Gasteiger partial charge on any atom is -0.363 e. The van der Waals surface area contributed by atoms with E-state index in [9.17, 15) is 4.79 Å². The van der Waals surface area contributed by atoms with E-state index in [1.807, 2.05) is 20.9 Å². The molecule has 108 valence electrons. The summed E-state index contributed by atoms with van der Waals surface area (Å²) in [5.41, 5.74) is 4.24. The summed E-state index contributed by atoms with van der Waals surface area (Å²) in [6.07, 6.45) is 3.17. The Morgan fingerprint density at radius 1 is 1.20 bits per heavy atom. The molecule has 0 bridgehead atoms. The van der Waals surface area contributed by atoms with E-state index >= 15 is 0 Å². The molecular formula is C16H23N3O. The van der Waals surface area contributed by atoms with E-state index in [0.717, 1.165) is 42.0 Å². The molecule has 1 aliphatic rings. The summed E-state index contributed by atoms with van der Waals surface area (Å²) in [5, 5.41) is 2.92. The van der Waals surface area contributed by atoms with Gasteiger partial charge in [0.05, 0.1) is 0 Å². The number of benzene rings is 1. The number of amidine groups is 1. The number of aliphatic imine (C=N–C) groups is 1. The molecule has 1 aromatic carbocycles. The van der Waals surface area contributed by atoms with Crippen molar-refractivity contribution in [2.75, 3.05) is 18.9 Å². The molecule has 4 nitrogen and oxygen atoms in total. The van der Waals surface area contributed by atoms with Crippen LogP contribution >= 0.6 is 0 Å². The van der Waals surface area contributed by atoms with Crippen molar-refractivity contribution in [1.82, 2.24) is 4.90 Å². The lowest BCUT2D eigenvalue weighted by Gasteiger charge is -2.25. The summed E-state index contributed by atoms with van der Waals surface area (Å²) in [5.74, 6) is 0.885. The average Bonchev–Trinajstić information content (AvgIpc) is 2.36. The molecule has 4 heteroatoms. The number of carbonyl (C=O) groups is 1. The second-order valence-corrected chi connectivity index (χ2v) is 5.61. The lowest BCUT2D eigenvalue weighted by molar-refractivity contribution is 0.259. The molecule has 1 fully saturated rings.